The van der Waals surface area contributed by atoms with Gasteiger partial charge in [0, 0.05) is 0 Å². The number of allylic oxidation sites excluding steroid dienone is 1. The highest BCUT2D eigenvalue weighted by molar-refractivity contribution is 7.98. The first-order chi connectivity index (χ1) is 5.83. The summed E-state index contributed by atoms with van der Waals surface area (Å²) in [6.45, 7) is 0. The predicted octanol–water partition coefficient (Wildman–Crippen LogP) is 2.60. The second-order valence-corrected chi connectivity index (χ2v) is 4.37. The molecule has 0 radical (unpaired) electrons. The maximum Gasteiger partial charge on any atom is 0.0723 e. The highest BCUT2D eigenvalue weighted by atomic mass is 32.2. The van der Waals surface area contributed by atoms with Gasteiger partial charge in [-0.25, -0.2) is 0 Å². The van der Waals surface area contributed by atoms with Crippen LogP contribution in [0.2, 0.25) is 0 Å². The Bertz CT molecular complexity index is 154. The van der Waals surface area contributed by atoms with Crippen molar-refractivity contribution in [1.29, 1.82) is 0 Å². The second-order valence-electron chi connectivity index (χ2n) is 3.38. The van der Waals surface area contributed by atoms with Crippen molar-refractivity contribution < 1.29 is 5.11 Å². The molecule has 1 aliphatic rings. The quantitative estimate of drug-likeness (QED) is 0.538. The zero-order chi connectivity index (χ0) is 8.81. The fourth-order valence-electron chi connectivity index (χ4n) is 1.63. The Labute approximate surface area is 79.2 Å². The van der Waals surface area contributed by atoms with E-state index in [0.29, 0.717) is 0 Å². The minimum absolute atomic E-state index is 0.150. The average molecular weight is 186 g/mol. The lowest BCUT2D eigenvalue weighted by Crippen LogP contribution is -2.08. The van der Waals surface area contributed by atoms with Gasteiger partial charge in [-0.2, -0.15) is 11.8 Å². The van der Waals surface area contributed by atoms with Crippen LogP contribution >= 0.6 is 11.8 Å². The van der Waals surface area contributed by atoms with Gasteiger partial charge in [-0.1, -0.05) is 11.6 Å². The monoisotopic (exact) mass is 186 g/mol. The third-order valence-corrected chi connectivity index (χ3v) is 2.97. The molecule has 0 bridgehead atoms. The van der Waals surface area contributed by atoms with E-state index in [9.17, 15) is 5.11 Å². The van der Waals surface area contributed by atoms with Crippen LogP contribution in [0.5, 0.6) is 0 Å². The summed E-state index contributed by atoms with van der Waals surface area (Å²) in [7, 11) is 0. The van der Waals surface area contributed by atoms with Gasteiger partial charge in [-0.15, -0.1) is 0 Å². The van der Waals surface area contributed by atoms with Gasteiger partial charge < -0.3 is 5.11 Å². The Balaban J connectivity index is 2.21. The molecule has 1 atom stereocenters. The summed E-state index contributed by atoms with van der Waals surface area (Å²) in [5.74, 6) is 1.24. The Hall–Kier alpha value is 0.0500. The molecule has 0 heterocycles. The first kappa shape index (κ1) is 10.1. The molecule has 1 N–H and O–H groups in total. The van der Waals surface area contributed by atoms with Crippen LogP contribution in [0.4, 0.5) is 0 Å². The van der Waals surface area contributed by atoms with E-state index in [0.717, 1.165) is 6.42 Å². The van der Waals surface area contributed by atoms with E-state index in [1.165, 1.54) is 37.0 Å². The molecule has 1 unspecified atom stereocenters. The molecule has 1 aliphatic carbocycles. The topological polar surface area (TPSA) is 20.2 Å². The lowest BCUT2D eigenvalue weighted by molar-refractivity contribution is 0.201. The maximum atomic E-state index is 9.35. The van der Waals surface area contributed by atoms with Crippen LogP contribution in [0.3, 0.4) is 0 Å². The molecule has 0 spiro atoms. The van der Waals surface area contributed by atoms with Crippen LogP contribution in [0.15, 0.2) is 11.6 Å². The third-order valence-electron chi connectivity index (χ3n) is 2.27. The van der Waals surface area contributed by atoms with Gasteiger partial charge in [-0.3, -0.25) is 0 Å². The second kappa shape index (κ2) is 5.65. The molecular formula is C10H18OS. The number of aliphatic hydroxyl groups excluding tert-OH is 1. The van der Waals surface area contributed by atoms with E-state index in [2.05, 4.69) is 12.3 Å². The molecule has 12 heavy (non-hydrogen) atoms. The Morgan fingerprint density at radius 1 is 1.67 bits per heavy atom. The lowest BCUT2D eigenvalue weighted by atomic mass is 9.95. The molecule has 0 saturated heterocycles. The van der Waals surface area contributed by atoms with Gasteiger partial charge in [0.05, 0.1) is 6.10 Å². The maximum absolute atomic E-state index is 9.35. The van der Waals surface area contributed by atoms with Gasteiger partial charge in [-0.05, 0) is 44.1 Å². The molecule has 0 aromatic heterocycles. The van der Waals surface area contributed by atoms with Crippen molar-refractivity contribution in [1.82, 2.24) is 0 Å². The Morgan fingerprint density at radius 2 is 2.50 bits per heavy atom. The number of hydrogen-bond acceptors (Lipinski definition) is 2. The molecule has 0 fully saturated rings. The zero-order valence-corrected chi connectivity index (χ0v) is 8.57. The molecule has 0 aromatic rings. The van der Waals surface area contributed by atoms with Crippen molar-refractivity contribution in [2.24, 2.45) is 0 Å². The van der Waals surface area contributed by atoms with Crippen LogP contribution in [0.1, 0.15) is 32.1 Å². The predicted molar refractivity (Wildman–Crippen MR) is 55.6 cm³/mol. The van der Waals surface area contributed by atoms with Gasteiger partial charge in [0.25, 0.3) is 0 Å². The molecular weight excluding hydrogens is 168 g/mol. The number of thioether (sulfide) groups is 1. The third kappa shape index (κ3) is 3.63. The average Bonchev–Trinajstić information content (AvgIpc) is 2.05. The summed E-state index contributed by atoms with van der Waals surface area (Å²) in [5.41, 5.74) is 1.47. The standard InChI is InChI=1S/C10H18OS/c1-12-7-3-5-9-4-2-6-10(11)8-9/h8,10-11H,2-7H2,1H3. The summed E-state index contributed by atoms with van der Waals surface area (Å²) < 4.78 is 0. The molecule has 0 aliphatic heterocycles. The molecule has 0 saturated carbocycles. The van der Waals surface area contributed by atoms with E-state index in [-0.39, 0.29) is 6.10 Å². The van der Waals surface area contributed by atoms with Gasteiger partial charge in [0.1, 0.15) is 0 Å². The first-order valence-electron chi connectivity index (χ1n) is 4.69. The van der Waals surface area contributed by atoms with Crippen LogP contribution < -0.4 is 0 Å². The number of rotatable bonds is 4. The summed E-state index contributed by atoms with van der Waals surface area (Å²) in [4.78, 5) is 0. The van der Waals surface area contributed by atoms with Crippen molar-refractivity contribution in [2.75, 3.05) is 12.0 Å². The van der Waals surface area contributed by atoms with Crippen molar-refractivity contribution in [3.8, 4) is 0 Å². The Morgan fingerprint density at radius 3 is 3.17 bits per heavy atom. The first-order valence-corrected chi connectivity index (χ1v) is 6.09. The van der Waals surface area contributed by atoms with Crippen molar-refractivity contribution >= 4 is 11.8 Å². The summed E-state index contributed by atoms with van der Waals surface area (Å²) in [6, 6.07) is 0. The highest BCUT2D eigenvalue weighted by Gasteiger charge is 2.09. The molecule has 70 valence electrons. The summed E-state index contributed by atoms with van der Waals surface area (Å²) >= 11 is 1.90. The fraction of sp³-hybridized carbons (Fsp3) is 0.800. The highest BCUT2D eigenvalue weighted by Crippen LogP contribution is 2.22. The molecule has 0 aromatic carbocycles. The van der Waals surface area contributed by atoms with Gasteiger partial charge in [0.15, 0.2) is 0 Å². The van der Waals surface area contributed by atoms with Crippen LogP contribution in [-0.4, -0.2) is 23.2 Å². The van der Waals surface area contributed by atoms with Gasteiger partial charge >= 0.3 is 0 Å². The Kier molecular flexibility index (Phi) is 4.77. The molecule has 0 amide bonds. The van der Waals surface area contributed by atoms with Crippen molar-refractivity contribution in [3.05, 3.63) is 11.6 Å². The molecule has 2 heteroatoms. The molecule has 1 rings (SSSR count). The van der Waals surface area contributed by atoms with Crippen LogP contribution in [0, 0.1) is 0 Å². The van der Waals surface area contributed by atoms with Gasteiger partial charge in [0.2, 0.25) is 0 Å². The molecule has 1 nitrogen and oxygen atoms in total. The van der Waals surface area contributed by atoms with E-state index in [4.69, 9.17) is 0 Å². The number of aliphatic hydroxyl groups is 1. The minimum atomic E-state index is -0.150. The van der Waals surface area contributed by atoms with E-state index in [1.807, 2.05) is 11.8 Å². The van der Waals surface area contributed by atoms with Crippen molar-refractivity contribution in [3.63, 3.8) is 0 Å². The summed E-state index contributed by atoms with van der Waals surface area (Å²) in [6.07, 6.45) is 9.86. The number of hydrogen-bond donors (Lipinski definition) is 1. The normalized spacial score (nSPS) is 23.8. The van der Waals surface area contributed by atoms with E-state index < -0.39 is 0 Å². The van der Waals surface area contributed by atoms with E-state index >= 15 is 0 Å². The lowest BCUT2D eigenvalue weighted by Gasteiger charge is -2.16. The largest absolute Gasteiger partial charge is 0.389 e. The fourth-order valence-corrected chi connectivity index (χ4v) is 2.06. The van der Waals surface area contributed by atoms with E-state index in [1.54, 1.807) is 0 Å². The summed E-state index contributed by atoms with van der Waals surface area (Å²) in [5, 5.41) is 9.35. The minimum Gasteiger partial charge on any atom is -0.389 e. The zero-order valence-electron chi connectivity index (χ0n) is 7.75. The van der Waals surface area contributed by atoms with Crippen LogP contribution in [-0.2, 0) is 0 Å². The SMILES string of the molecule is CSCCCC1=CC(O)CCC1. The van der Waals surface area contributed by atoms with Crippen molar-refractivity contribution in [2.45, 2.75) is 38.2 Å². The van der Waals surface area contributed by atoms with Crippen LogP contribution in [0.25, 0.3) is 0 Å². The smallest absolute Gasteiger partial charge is 0.0723 e.